The van der Waals surface area contributed by atoms with Crippen molar-refractivity contribution < 1.29 is 19.7 Å². The number of aliphatic hydroxyl groups excluding tert-OH is 2. The first-order valence-corrected chi connectivity index (χ1v) is 6.80. The van der Waals surface area contributed by atoms with Crippen LogP contribution in [0.1, 0.15) is 27.2 Å². The molecule has 0 saturated carbocycles. The number of aliphatic hydroxyl groups is 2. The second-order valence-corrected chi connectivity index (χ2v) is 5.88. The largest absolute Gasteiger partial charge is 0.388 e. The van der Waals surface area contributed by atoms with Gasteiger partial charge in [-0.05, 0) is 6.92 Å². The van der Waals surface area contributed by atoms with Crippen LogP contribution in [0.4, 0.5) is 0 Å². The van der Waals surface area contributed by atoms with Gasteiger partial charge in [0.1, 0.15) is 18.0 Å². The third-order valence-corrected chi connectivity index (χ3v) is 3.30. The Balaban J connectivity index is 2.50. The first kappa shape index (κ1) is 15.9. The number of hydrogen-bond donors (Lipinski definition) is 4. The Morgan fingerprint density at radius 2 is 1.83 bits per heavy atom. The maximum Gasteiger partial charge on any atom is 0.138 e. The van der Waals surface area contributed by atoms with Gasteiger partial charge >= 0.3 is 0 Å². The van der Waals surface area contributed by atoms with Crippen molar-refractivity contribution in [3.05, 3.63) is 0 Å². The monoisotopic (exact) mass is 277 g/mol. The van der Waals surface area contributed by atoms with Crippen LogP contribution in [0, 0.1) is 5.92 Å². The molecule has 106 valence electrons. The van der Waals surface area contributed by atoms with Crippen LogP contribution in [-0.2, 0) is 9.53 Å². The number of rotatable bonds is 6. The summed E-state index contributed by atoms with van der Waals surface area (Å²) in [5, 5.41) is 22.7. The van der Waals surface area contributed by atoms with Gasteiger partial charge in [-0.25, -0.2) is 0 Å². The van der Waals surface area contributed by atoms with Crippen molar-refractivity contribution >= 4 is 18.4 Å². The lowest BCUT2D eigenvalue weighted by atomic mass is 9.99. The van der Waals surface area contributed by atoms with Gasteiger partial charge in [0, 0.05) is 24.3 Å². The average molecular weight is 277 g/mol. The molecule has 0 aromatic rings. The Bertz CT molecular complexity index is 285. The third kappa shape index (κ3) is 4.20. The summed E-state index contributed by atoms with van der Waals surface area (Å²) in [6.07, 6.45) is -2.94. The van der Waals surface area contributed by atoms with Crippen LogP contribution in [0.3, 0.4) is 0 Å². The predicted octanol–water partition coefficient (Wildman–Crippen LogP) is -0.0438. The van der Waals surface area contributed by atoms with Crippen LogP contribution in [0.25, 0.3) is 0 Å². The summed E-state index contributed by atoms with van der Waals surface area (Å²) in [6, 6.07) is 0. The van der Waals surface area contributed by atoms with Crippen LogP contribution >= 0.6 is 12.6 Å². The van der Waals surface area contributed by atoms with Crippen molar-refractivity contribution in [2.75, 3.05) is 6.54 Å². The number of carbonyl (C=O) groups excluding carboxylic acids is 1. The summed E-state index contributed by atoms with van der Waals surface area (Å²) in [7, 11) is 0. The van der Waals surface area contributed by atoms with Gasteiger partial charge in [-0.3, -0.25) is 4.79 Å². The SMILES string of the molecule is CC(S)NC[C@H]1O[C@@H](CC(=O)C(C)C)C(O)C1O. The fourth-order valence-corrected chi connectivity index (χ4v) is 1.99. The first-order chi connectivity index (χ1) is 8.32. The minimum Gasteiger partial charge on any atom is -0.388 e. The molecule has 1 aliphatic heterocycles. The third-order valence-electron chi connectivity index (χ3n) is 3.12. The van der Waals surface area contributed by atoms with Crippen LogP contribution in [-0.4, -0.2) is 52.3 Å². The maximum atomic E-state index is 11.6. The molecule has 1 saturated heterocycles. The Morgan fingerprint density at radius 1 is 1.28 bits per heavy atom. The zero-order valence-electron chi connectivity index (χ0n) is 11.0. The van der Waals surface area contributed by atoms with Gasteiger partial charge in [-0.1, -0.05) is 13.8 Å². The Kier molecular flexibility index (Phi) is 6.07. The topological polar surface area (TPSA) is 78.8 Å². The summed E-state index contributed by atoms with van der Waals surface area (Å²) in [6.45, 7) is 5.87. The summed E-state index contributed by atoms with van der Waals surface area (Å²) in [5.41, 5.74) is 0. The molecule has 18 heavy (non-hydrogen) atoms. The van der Waals surface area contributed by atoms with Gasteiger partial charge < -0.3 is 20.3 Å². The van der Waals surface area contributed by atoms with Crippen LogP contribution < -0.4 is 5.32 Å². The Hall–Kier alpha value is -0.140. The van der Waals surface area contributed by atoms with E-state index in [-0.39, 0.29) is 23.5 Å². The van der Waals surface area contributed by atoms with Gasteiger partial charge in [0.25, 0.3) is 0 Å². The molecule has 0 bridgehead atoms. The molecule has 0 aromatic carbocycles. The van der Waals surface area contributed by atoms with Gasteiger partial charge in [0.2, 0.25) is 0 Å². The first-order valence-electron chi connectivity index (χ1n) is 6.28. The van der Waals surface area contributed by atoms with Crippen molar-refractivity contribution in [1.29, 1.82) is 0 Å². The van der Waals surface area contributed by atoms with Gasteiger partial charge in [0.15, 0.2) is 0 Å². The molecule has 5 atom stereocenters. The summed E-state index contributed by atoms with van der Waals surface area (Å²) in [4.78, 5) is 11.6. The highest BCUT2D eigenvalue weighted by atomic mass is 32.1. The Morgan fingerprint density at radius 3 is 2.33 bits per heavy atom. The summed E-state index contributed by atoms with van der Waals surface area (Å²) >= 11 is 4.16. The molecule has 6 heteroatoms. The van der Waals surface area contributed by atoms with E-state index >= 15 is 0 Å². The number of carbonyl (C=O) groups is 1. The normalized spacial score (nSPS) is 33.9. The minimum atomic E-state index is -1.00. The molecular weight excluding hydrogens is 254 g/mol. The van der Waals surface area contributed by atoms with E-state index in [2.05, 4.69) is 17.9 Å². The highest BCUT2D eigenvalue weighted by Gasteiger charge is 2.43. The van der Waals surface area contributed by atoms with Crippen LogP contribution in [0.2, 0.25) is 0 Å². The summed E-state index contributed by atoms with van der Waals surface area (Å²) in [5.74, 6) is -0.0602. The van der Waals surface area contributed by atoms with Crippen molar-refractivity contribution in [2.24, 2.45) is 5.92 Å². The smallest absolute Gasteiger partial charge is 0.138 e. The molecule has 1 heterocycles. The van der Waals surface area contributed by atoms with Gasteiger partial charge in [0.05, 0.1) is 12.2 Å². The van der Waals surface area contributed by atoms with E-state index in [9.17, 15) is 15.0 Å². The highest BCUT2D eigenvalue weighted by molar-refractivity contribution is 7.80. The highest BCUT2D eigenvalue weighted by Crippen LogP contribution is 2.24. The number of thiol groups is 1. The zero-order chi connectivity index (χ0) is 13.9. The fourth-order valence-electron chi connectivity index (χ4n) is 1.88. The lowest BCUT2D eigenvalue weighted by Crippen LogP contribution is -2.39. The molecule has 1 fully saturated rings. The quantitative estimate of drug-likeness (QED) is 0.405. The second-order valence-electron chi connectivity index (χ2n) is 5.10. The second kappa shape index (κ2) is 6.86. The molecule has 0 spiro atoms. The molecule has 5 nitrogen and oxygen atoms in total. The van der Waals surface area contributed by atoms with Crippen molar-refractivity contribution in [3.8, 4) is 0 Å². The standard InChI is InChI=1S/C12H23NO4S/c1-6(2)8(14)4-9-11(15)12(16)10(17-9)5-13-7(3)18/h6-7,9-13,15-16,18H,4-5H2,1-3H3/t7?,9-,10+,11?,12?/m0/s1. The molecule has 3 unspecified atom stereocenters. The van der Waals surface area contributed by atoms with E-state index in [1.54, 1.807) is 0 Å². The lowest BCUT2D eigenvalue weighted by Gasteiger charge is -2.16. The van der Waals surface area contributed by atoms with E-state index in [4.69, 9.17) is 4.74 Å². The van der Waals surface area contributed by atoms with Crippen molar-refractivity contribution in [3.63, 3.8) is 0 Å². The predicted molar refractivity (Wildman–Crippen MR) is 71.6 cm³/mol. The molecule has 0 aromatic heterocycles. The maximum absolute atomic E-state index is 11.6. The van der Waals surface area contributed by atoms with Crippen molar-refractivity contribution in [2.45, 2.75) is 57.0 Å². The fraction of sp³-hybridized carbons (Fsp3) is 0.917. The molecule has 1 aliphatic rings. The van der Waals surface area contributed by atoms with E-state index in [1.807, 2.05) is 20.8 Å². The lowest BCUT2D eigenvalue weighted by molar-refractivity contribution is -0.125. The minimum absolute atomic E-state index is 0.0192. The molecule has 0 radical (unpaired) electrons. The van der Waals surface area contributed by atoms with E-state index in [0.29, 0.717) is 6.54 Å². The molecule has 0 amide bonds. The average Bonchev–Trinajstić information content (AvgIpc) is 2.54. The van der Waals surface area contributed by atoms with E-state index in [0.717, 1.165) is 0 Å². The number of ketones is 1. The van der Waals surface area contributed by atoms with E-state index < -0.39 is 24.4 Å². The molecule has 0 aliphatic carbocycles. The number of ether oxygens (including phenoxy) is 1. The van der Waals surface area contributed by atoms with Crippen molar-refractivity contribution in [1.82, 2.24) is 5.32 Å². The van der Waals surface area contributed by atoms with Crippen LogP contribution in [0.5, 0.6) is 0 Å². The zero-order valence-corrected chi connectivity index (χ0v) is 11.9. The number of Topliss-reactive ketones (excluding diaryl/α,β-unsaturated/α-hetero) is 1. The molecule has 3 N–H and O–H groups in total. The number of nitrogens with one attached hydrogen (secondary N) is 1. The molecule has 1 rings (SSSR count). The summed E-state index contributed by atoms with van der Waals surface area (Å²) < 4.78 is 5.54. The van der Waals surface area contributed by atoms with Crippen LogP contribution in [0.15, 0.2) is 0 Å². The van der Waals surface area contributed by atoms with E-state index in [1.165, 1.54) is 0 Å². The molecular formula is C12H23NO4S. The van der Waals surface area contributed by atoms with Gasteiger partial charge in [-0.2, -0.15) is 12.6 Å². The Labute approximate surface area is 113 Å². The van der Waals surface area contributed by atoms with Gasteiger partial charge in [-0.15, -0.1) is 0 Å². The number of hydrogen-bond acceptors (Lipinski definition) is 6.